The van der Waals surface area contributed by atoms with Gasteiger partial charge in [-0.25, -0.2) is 0 Å². The zero-order valence-corrected chi connectivity index (χ0v) is 25.6. The van der Waals surface area contributed by atoms with Crippen LogP contribution in [0.1, 0.15) is 62.2 Å². The summed E-state index contributed by atoms with van der Waals surface area (Å²) in [7, 11) is 6.70. The molecule has 5 rings (SSSR count). The van der Waals surface area contributed by atoms with Crippen LogP contribution in [0, 0.1) is 0 Å². The molecule has 1 aliphatic rings. The van der Waals surface area contributed by atoms with Crippen LogP contribution in [0.3, 0.4) is 0 Å². The summed E-state index contributed by atoms with van der Waals surface area (Å²) in [5.41, 5.74) is 3.94. The molecule has 7 heteroatoms. The minimum absolute atomic E-state index is 0.248. The number of Topliss-reactive ketones (excluding diaryl/α,β-unsaturated/α-hetero) is 2. The van der Waals surface area contributed by atoms with Crippen LogP contribution in [-0.2, 0) is 21.5 Å². The van der Waals surface area contributed by atoms with Gasteiger partial charge in [-0.1, -0.05) is 61.0 Å². The highest BCUT2D eigenvalue weighted by molar-refractivity contribution is 6.28. The number of aryl methyl sites for hydroxylation is 1. The normalized spacial score (nSPS) is 13.2. The zero-order valence-electron chi connectivity index (χ0n) is 25.6. The molecule has 0 atom stereocenters. The third kappa shape index (κ3) is 5.98. The van der Waals surface area contributed by atoms with E-state index in [0.717, 1.165) is 65.2 Å². The fraction of sp³-hybridized carbons (Fsp3) is 0.297. The van der Waals surface area contributed by atoms with Crippen LogP contribution in [0.25, 0.3) is 0 Å². The van der Waals surface area contributed by atoms with E-state index in [0.29, 0.717) is 17.7 Å². The van der Waals surface area contributed by atoms with Crippen LogP contribution >= 0.6 is 0 Å². The quantitative estimate of drug-likeness (QED) is 0.0900. The Morgan fingerprint density at radius 1 is 0.614 bits per heavy atom. The van der Waals surface area contributed by atoms with Crippen molar-refractivity contribution in [1.29, 1.82) is 0 Å². The summed E-state index contributed by atoms with van der Waals surface area (Å²) >= 11 is 0. The molecule has 4 aromatic carbocycles. The largest absolute Gasteiger partial charge is 0.497 e. The Bertz CT molecular complexity index is 1510. The van der Waals surface area contributed by atoms with E-state index in [4.69, 9.17) is 23.7 Å². The van der Waals surface area contributed by atoms with Gasteiger partial charge in [-0.05, 0) is 77.9 Å². The van der Waals surface area contributed by atoms with Gasteiger partial charge in [-0.15, -0.1) is 0 Å². The van der Waals surface area contributed by atoms with Crippen molar-refractivity contribution in [2.24, 2.45) is 0 Å². The Morgan fingerprint density at radius 2 is 1.16 bits per heavy atom. The predicted octanol–water partition coefficient (Wildman–Crippen LogP) is 6.83. The van der Waals surface area contributed by atoms with Gasteiger partial charge in [-0.2, -0.15) is 0 Å². The summed E-state index contributed by atoms with van der Waals surface area (Å²) in [5, 5.41) is 0. The van der Waals surface area contributed by atoms with Gasteiger partial charge in [0.25, 0.3) is 0 Å². The van der Waals surface area contributed by atoms with Gasteiger partial charge >= 0.3 is 0 Å². The van der Waals surface area contributed by atoms with Gasteiger partial charge in [0.05, 0.1) is 21.3 Å². The fourth-order valence-electron chi connectivity index (χ4n) is 5.96. The second kappa shape index (κ2) is 13.9. The molecular formula is C37H38O7. The third-order valence-corrected chi connectivity index (χ3v) is 8.30. The molecule has 0 aliphatic heterocycles. The van der Waals surface area contributed by atoms with Crippen LogP contribution in [0.15, 0.2) is 91.0 Å². The van der Waals surface area contributed by atoms with Crippen LogP contribution < -0.4 is 14.2 Å². The molecule has 4 aromatic rings. The first-order valence-electron chi connectivity index (χ1n) is 14.8. The minimum Gasteiger partial charge on any atom is -0.497 e. The monoisotopic (exact) mass is 594 g/mol. The summed E-state index contributed by atoms with van der Waals surface area (Å²) < 4.78 is 28.8. The van der Waals surface area contributed by atoms with E-state index in [1.807, 2.05) is 60.7 Å². The molecule has 0 N–H and O–H groups in total. The van der Waals surface area contributed by atoms with Gasteiger partial charge in [0, 0.05) is 24.8 Å². The van der Waals surface area contributed by atoms with Crippen LogP contribution in [-0.4, -0.2) is 52.7 Å². The van der Waals surface area contributed by atoms with Gasteiger partial charge in [0.1, 0.15) is 22.8 Å². The first kappa shape index (κ1) is 31.0. The molecule has 228 valence electrons. The van der Waals surface area contributed by atoms with Crippen molar-refractivity contribution in [2.45, 2.75) is 37.4 Å². The first-order chi connectivity index (χ1) is 21.5. The number of hydrogen-bond donors (Lipinski definition) is 0. The molecule has 44 heavy (non-hydrogen) atoms. The molecule has 0 heterocycles. The second-order valence-electron chi connectivity index (χ2n) is 10.7. The highest BCUT2D eigenvalue weighted by Gasteiger charge is 2.39. The van der Waals surface area contributed by atoms with Crippen molar-refractivity contribution in [2.75, 3.05) is 35.0 Å². The number of carbonyl (C=O) groups excluding carboxylic acids is 2. The predicted molar refractivity (Wildman–Crippen MR) is 168 cm³/mol. The molecule has 0 amide bonds. The van der Waals surface area contributed by atoms with E-state index >= 15 is 0 Å². The maximum Gasteiger partial charge on any atom is 0.200 e. The van der Waals surface area contributed by atoms with Crippen molar-refractivity contribution < 1.29 is 33.3 Å². The lowest BCUT2D eigenvalue weighted by atomic mass is 9.79. The third-order valence-electron chi connectivity index (χ3n) is 8.30. The zero-order chi connectivity index (χ0) is 31.1. The molecule has 0 saturated carbocycles. The molecule has 0 unspecified atom stereocenters. The lowest BCUT2D eigenvalue weighted by molar-refractivity contribution is 0.0392. The number of ketones is 2. The number of benzene rings is 4. The highest BCUT2D eigenvalue weighted by atomic mass is 16.5. The Morgan fingerprint density at radius 3 is 1.66 bits per heavy atom. The molecule has 0 saturated heterocycles. The van der Waals surface area contributed by atoms with Gasteiger partial charge in [0.15, 0.2) is 17.7 Å². The Hall–Kier alpha value is -4.46. The SMILES string of the molecule is COc1ccc(C(OC)(c2ccc(OC)cc2)c2ccc(OC)c(CCCCCOC3C(=O)c4ccccc4C3=O)c2)cc1. The van der Waals surface area contributed by atoms with Crippen LogP contribution in [0.4, 0.5) is 0 Å². The van der Waals surface area contributed by atoms with E-state index in [1.165, 1.54) is 0 Å². The summed E-state index contributed by atoms with van der Waals surface area (Å²) in [4.78, 5) is 25.2. The first-order valence-corrected chi connectivity index (χ1v) is 14.8. The van der Waals surface area contributed by atoms with E-state index < -0.39 is 11.7 Å². The van der Waals surface area contributed by atoms with Crippen LogP contribution in [0.2, 0.25) is 0 Å². The lowest BCUT2D eigenvalue weighted by Crippen LogP contribution is -2.31. The minimum atomic E-state index is -1.03. The second-order valence-corrected chi connectivity index (χ2v) is 10.7. The van der Waals surface area contributed by atoms with E-state index in [-0.39, 0.29) is 11.6 Å². The summed E-state index contributed by atoms with van der Waals surface area (Å²) in [6.07, 6.45) is 2.22. The number of rotatable bonds is 14. The van der Waals surface area contributed by atoms with Crippen molar-refractivity contribution in [3.05, 3.63) is 124 Å². The van der Waals surface area contributed by atoms with Crippen molar-refractivity contribution in [3.63, 3.8) is 0 Å². The average Bonchev–Trinajstić information content (AvgIpc) is 3.32. The van der Waals surface area contributed by atoms with E-state index in [1.54, 1.807) is 52.7 Å². The Kier molecular flexibility index (Phi) is 9.78. The van der Waals surface area contributed by atoms with E-state index in [2.05, 4.69) is 6.07 Å². The summed E-state index contributed by atoms with van der Waals surface area (Å²) in [5.74, 6) is 1.84. The molecule has 0 fully saturated rings. The van der Waals surface area contributed by atoms with Gasteiger partial charge in [0.2, 0.25) is 0 Å². The van der Waals surface area contributed by atoms with Crippen molar-refractivity contribution in [1.82, 2.24) is 0 Å². The molecule has 0 aromatic heterocycles. The fourth-order valence-corrected chi connectivity index (χ4v) is 5.96. The number of fused-ring (bicyclic) bond motifs is 1. The summed E-state index contributed by atoms with van der Waals surface area (Å²) in [6.45, 7) is 0.342. The van der Waals surface area contributed by atoms with Gasteiger partial charge in [-0.3, -0.25) is 9.59 Å². The smallest absolute Gasteiger partial charge is 0.200 e. The van der Waals surface area contributed by atoms with Crippen molar-refractivity contribution in [3.8, 4) is 17.2 Å². The standard InChI is InChI=1S/C37H38O7/c1-40-29-18-13-26(14-19-29)37(43-4,27-15-20-30(41-2)21-16-27)28-17-22-33(42-3)25(24-28)10-6-5-9-23-44-36-34(38)31-11-7-8-12-32(31)35(36)39/h7-8,11-22,24,36H,5-6,9-10,23H2,1-4H3. The number of ether oxygens (including phenoxy) is 5. The molecule has 0 bridgehead atoms. The number of hydrogen-bond acceptors (Lipinski definition) is 7. The maximum atomic E-state index is 12.6. The van der Waals surface area contributed by atoms with Crippen LogP contribution in [0.5, 0.6) is 17.2 Å². The number of unbranched alkanes of at least 4 members (excludes halogenated alkanes) is 2. The Balaban J connectivity index is 1.32. The molecule has 7 nitrogen and oxygen atoms in total. The highest BCUT2D eigenvalue weighted by Crippen LogP contribution is 2.42. The molecule has 0 spiro atoms. The lowest BCUT2D eigenvalue weighted by Gasteiger charge is -2.35. The van der Waals surface area contributed by atoms with E-state index in [9.17, 15) is 9.59 Å². The molecular weight excluding hydrogens is 556 g/mol. The summed E-state index contributed by atoms with van der Waals surface area (Å²) in [6, 6.07) is 28.9. The average molecular weight is 595 g/mol. The van der Waals surface area contributed by atoms with Crippen molar-refractivity contribution >= 4 is 11.6 Å². The number of carbonyl (C=O) groups is 2. The Labute approximate surface area is 258 Å². The van der Waals surface area contributed by atoms with Gasteiger partial charge < -0.3 is 23.7 Å². The topological polar surface area (TPSA) is 80.3 Å². The molecule has 0 radical (unpaired) electrons. The maximum absolute atomic E-state index is 12.6. The number of methoxy groups -OCH3 is 4. The molecule has 1 aliphatic carbocycles.